The number of para-hydroxylation sites is 1. The fourth-order valence-corrected chi connectivity index (χ4v) is 1.51. The van der Waals surface area contributed by atoms with Crippen molar-refractivity contribution in [2.24, 2.45) is 0 Å². The summed E-state index contributed by atoms with van der Waals surface area (Å²) in [5.74, 6) is -2.41. The Balaban J connectivity index is 2.55. The SMILES string of the molecule is O=C(O)c1cccc(C2(C(F)(F)F)NN2)c1O. The molecule has 1 aromatic rings. The quantitative estimate of drug-likeness (QED) is 0.583. The summed E-state index contributed by atoms with van der Waals surface area (Å²) in [5, 5.41) is 18.2. The van der Waals surface area contributed by atoms with Gasteiger partial charge in [0.2, 0.25) is 5.66 Å². The molecule has 92 valence electrons. The maximum Gasteiger partial charge on any atom is 0.426 e. The zero-order valence-corrected chi connectivity index (χ0v) is 8.17. The number of hydrazine groups is 1. The number of carboxylic acid groups (broad SMARTS) is 1. The molecule has 8 heteroatoms. The van der Waals surface area contributed by atoms with Gasteiger partial charge in [0.05, 0.1) is 0 Å². The molecule has 1 heterocycles. The lowest BCUT2D eigenvalue weighted by Gasteiger charge is -2.17. The molecular formula is C9H7F3N2O3. The number of benzene rings is 1. The summed E-state index contributed by atoms with van der Waals surface area (Å²) in [6.07, 6.45) is -4.69. The van der Waals surface area contributed by atoms with E-state index in [4.69, 9.17) is 5.11 Å². The van der Waals surface area contributed by atoms with Crippen LogP contribution in [0.5, 0.6) is 5.75 Å². The maximum atomic E-state index is 12.7. The average Bonchev–Trinajstić information content (AvgIpc) is 2.97. The summed E-state index contributed by atoms with van der Waals surface area (Å²) in [6.45, 7) is 0. The van der Waals surface area contributed by atoms with Gasteiger partial charge >= 0.3 is 12.1 Å². The van der Waals surface area contributed by atoms with Gasteiger partial charge in [0.15, 0.2) is 0 Å². The summed E-state index contributed by atoms with van der Waals surface area (Å²) in [6, 6.07) is 3.16. The number of rotatable bonds is 2. The summed E-state index contributed by atoms with van der Waals surface area (Å²) >= 11 is 0. The highest BCUT2D eigenvalue weighted by Crippen LogP contribution is 2.45. The monoisotopic (exact) mass is 248 g/mol. The van der Waals surface area contributed by atoms with E-state index in [1.807, 2.05) is 10.9 Å². The van der Waals surface area contributed by atoms with E-state index in [1.54, 1.807) is 0 Å². The molecule has 5 nitrogen and oxygen atoms in total. The van der Waals surface area contributed by atoms with Crippen LogP contribution in [-0.4, -0.2) is 22.4 Å². The van der Waals surface area contributed by atoms with E-state index in [2.05, 4.69) is 0 Å². The molecule has 0 aromatic heterocycles. The molecular weight excluding hydrogens is 241 g/mol. The van der Waals surface area contributed by atoms with Crippen LogP contribution in [0.2, 0.25) is 0 Å². The minimum atomic E-state index is -4.69. The third-order valence-electron chi connectivity index (χ3n) is 2.47. The van der Waals surface area contributed by atoms with Crippen LogP contribution in [0.25, 0.3) is 0 Å². The van der Waals surface area contributed by atoms with Gasteiger partial charge in [-0.2, -0.15) is 13.2 Å². The Morgan fingerprint density at radius 3 is 2.29 bits per heavy atom. The normalized spacial score (nSPS) is 17.8. The van der Waals surface area contributed by atoms with Gasteiger partial charge in [-0.05, 0) is 6.07 Å². The summed E-state index contributed by atoms with van der Waals surface area (Å²) in [7, 11) is 0. The zero-order chi connectivity index (χ0) is 12.8. The topological polar surface area (TPSA) is 101 Å². The Kier molecular flexibility index (Phi) is 2.30. The predicted molar refractivity (Wildman–Crippen MR) is 49.1 cm³/mol. The summed E-state index contributed by atoms with van der Waals surface area (Å²) in [5.41, 5.74) is 0.0527. The van der Waals surface area contributed by atoms with Gasteiger partial charge in [-0.3, -0.25) is 0 Å². The molecule has 1 aliphatic rings. The van der Waals surface area contributed by atoms with Crippen molar-refractivity contribution in [3.8, 4) is 5.75 Å². The van der Waals surface area contributed by atoms with Crippen LogP contribution >= 0.6 is 0 Å². The Bertz CT molecular complexity index is 483. The van der Waals surface area contributed by atoms with Crippen LogP contribution in [0, 0.1) is 0 Å². The zero-order valence-electron chi connectivity index (χ0n) is 8.17. The molecule has 0 radical (unpaired) electrons. The van der Waals surface area contributed by atoms with E-state index in [0.29, 0.717) is 0 Å². The second kappa shape index (κ2) is 3.34. The number of carbonyl (C=O) groups is 1. The van der Waals surface area contributed by atoms with E-state index in [9.17, 15) is 23.1 Å². The van der Waals surface area contributed by atoms with Crippen molar-refractivity contribution in [2.45, 2.75) is 11.8 Å². The lowest BCUT2D eigenvalue weighted by molar-refractivity contribution is -0.165. The number of phenols is 1. The second-order valence-electron chi connectivity index (χ2n) is 3.50. The molecule has 1 fully saturated rings. The van der Waals surface area contributed by atoms with Gasteiger partial charge in [-0.15, -0.1) is 0 Å². The first-order valence-corrected chi connectivity index (χ1v) is 4.46. The first-order valence-electron chi connectivity index (χ1n) is 4.46. The Morgan fingerprint density at radius 1 is 1.29 bits per heavy atom. The predicted octanol–water partition coefficient (Wildman–Crippen LogP) is 0.913. The number of nitrogens with one attached hydrogen (secondary N) is 2. The molecule has 2 rings (SSSR count). The van der Waals surface area contributed by atoms with Gasteiger partial charge in [-0.25, -0.2) is 15.6 Å². The molecule has 1 aliphatic heterocycles. The minimum Gasteiger partial charge on any atom is -0.507 e. The van der Waals surface area contributed by atoms with Crippen molar-refractivity contribution >= 4 is 5.97 Å². The molecule has 17 heavy (non-hydrogen) atoms. The number of hydrogen-bond donors (Lipinski definition) is 4. The van der Waals surface area contributed by atoms with Crippen LogP contribution in [0.1, 0.15) is 15.9 Å². The van der Waals surface area contributed by atoms with E-state index in [0.717, 1.165) is 18.2 Å². The Morgan fingerprint density at radius 2 is 1.88 bits per heavy atom. The highest BCUT2D eigenvalue weighted by Gasteiger charge is 2.66. The third kappa shape index (κ3) is 1.61. The third-order valence-corrected chi connectivity index (χ3v) is 2.47. The average molecular weight is 248 g/mol. The minimum absolute atomic E-state index is 0.565. The van der Waals surface area contributed by atoms with E-state index in [-0.39, 0.29) is 0 Å². The van der Waals surface area contributed by atoms with Crippen molar-refractivity contribution in [3.63, 3.8) is 0 Å². The van der Waals surface area contributed by atoms with Crippen LogP contribution in [0.15, 0.2) is 18.2 Å². The van der Waals surface area contributed by atoms with Crippen LogP contribution < -0.4 is 10.9 Å². The standard InChI is InChI=1S/C9H7F3N2O3/c10-9(11,12)8(13-14-8)5-3-1-2-4(6(5)15)7(16)17/h1-3,13-15H,(H,16,17). The van der Waals surface area contributed by atoms with Crippen LogP contribution in [-0.2, 0) is 5.66 Å². The number of carboxylic acids is 1. The number of aromatic carboxylic acids is 1. The van der Waals surface area contributed by atoms with E-state index >= 15 is 0 Å². The van der Waals surface area contributed by atoms with Crippen molar-refractivity contribution in [1.82, 2.24) is 10.9 Å². The summed E-state index contributed by atoms with van der Waals surface area (Å²) < 4.78 is 38.1. The van der Waals surface area contributed by atoms with Gasteiger partial charge < -0.3 is 10.2 Å². The van der Waals surface area contributed by atoms with Crippen molar-refractivity contribution in [3.05, 3.63) is 29.3 Å². The van der Waals surface area contributed by atoms with Gasteiger partial charge in [-0.1, -0.05) is 12.1 Å². The Labute approximate surface area is 92.8 Å². The highest BCUT2D eigenvalue weighted by molar-refractivity contribution is 5.91. The fourth-order valence-electron chi connectivity index (χ4n) is 1.51. The number of hydrogen-bond acceptors (Lipinski definition) is 4. The molecule has 0 spiro atoms. The van der Waals surface area contributed by atoms with Crippen molar-refractivity contribution in [2.75, 3.05) is 0 Å². The molecule has 0 unspecified atom stereocenters. The lowest BCUT2D eigenvalue weighted by Crippen LogP contribution is -2.35. The molecule has 0 aliphatic carbocycles. The van der Waals surface area contributed by atoms with Gasteiger partial charge in [0.25, 0.3) is 0 Å². The molecule has 0 bridgehead atoms. The summed E-state index contributed by atoms with van der Waals surface area (Å²) in [4.78, 5) is 10.7. The van der Waals surface area contributed by atoms with Crippen LogP contribution in [0.3, 0.4) is 0 Å². The maximum absolute atomic E-state index is 12.7. The van der Waals surface area contributed by atoms with Crippen molar-refractivity contribution < 1.29 is 28.2 Å². The molecule has 0 amide bonds. The highest BCUT2D eigenvalue weighted by atomic mass is 19.4. The second-order valence-corrected chi connectivity index (χ2v) is 3.50. The number of aromatic hydroxyl groups is 1. The molecule has 0 saturated carbocycles. The van der Waals surface area contributed by atoms with Crippen molar-refractivity contribution in [1.29, 1.82) is 0 Å². The molecule has 4 N–H and O–H groups in total. The fraction of sp³-hybridized carbons (Fsp3) is 0.222. The first kappa shape index (κ1) is 11.7. The van der Waals surface area contributed by atoms with E-state index < -0.39 is 34.7 Å². The number of alkyl halides is 3. The smallest absolute Gasteiger partial charge is 0.426 e. The first-order chi connectivity index (χ1) is 7.79. The largest absolute Gasteiger partial charge is 0.507 e. The van der Waals surface area contributed by atoms with Crippen LogP contribution in [0.4, 0.5) is 13.2 Å². The van der Waals surface area contributed by atoms with Gasteiger partial charge in [0.1, 0.15) is 11.3 Å². The molecule has 1 aromatic carbocycles. The number of halogens is 3. The lowest BCUT2D eigenvalue weighted by atomic mass is 9.99. The Hall–Kier alpha value is -1.80. The van der Waals surface area contributed by atoms with E-state index in [1.165, 1.54) is 0 Å². The molecule has 1 saturated heterocycles. The molecule has 0 atom stereocenters. The van der Waals surface area contributed by atoms with Gasteiger partial charge in [0, 0.05) is 5.56 Å².